The number of thioether (sulfide) groups is 1. The van der Waals surface area contributed by atoms with Crippen molar-refractivity contribution in [1.82, 2.24) is 4.72 Å². The third-order valence-corrected chi connectivity index (χ3v) is 7.06. The molecule has 0 radical (unpaired) electrons. The zero-order valence-corrected chi connectivity index (χ0v) is 16.9. The van der Waals surface area contributed by atoms with Crippen LogP contribution in [-0.4, -0.2) is 19.7 Å². The van der Waals surface area contributed by atoms with Gasteiger partial charge < -0.3 is 0 Å². The Hall–Kier alpha value is -1.89. The van der Waals surface area contributed by atoms with E-state index in [0.29, 0.717) is 12.3 Å². The van der Waals surface area contributed by atoms with Crippen LogP contribution in [0.25, 0.3) is 10.8 Å². The van der Waals surface area contributed by atoms with E-state index in [1.807, 2.05) is 44.2 Å². The second kappa shape index (κ2) is 8.00. The number of hydrogen-bond acceptors (Lipinski definition) is 3. The van der Waals surface area contributed by atoms with Crippen LogP contribution in [0.15, 0.2) is 71.6 Å². The highest BCUT2D eigenvalue weighted by molar-refractivity contribution is 7.99. The summed E-state index contributed by atoms with van der Waals surface area (Å²) >= 11 is 1.63. The number of halogens is 1. The van der Waals surface area contributed by atoms with Crippen molar-refractivity contribution in [3.8, 4) is 0 Å². The molecule has 0 fully saturated rings. The van der Waals surface area contributed by atoms with Crippen LogP contribution in [0.2, 0.25) is 0 Å². The van der Waals surface area contributed by atoms with Gasteiger partial charge in [-0.2, -0.15) is 0 Å². The van der Waals surface area contributed by atoms with Gasteiger partial charge in [0.25, 0.3) is 0 Å². The topological polar surface area (TPSA) is 46.2 Å². The number of hydrogen-bond donors (Lipinski definition) is 1. The van der Waals surface area contributed by atoms with Gasteiger partial charge in [-0.1, -0.05) is 42.5 Å². The Morgan fingerprint density at radius 2 is 1.63 bits per heavy atom. The largest absolute Gasteiger partial charge is 0.240 e. The summed E-state index contributed by atoms with van der Waals surface area (Å²) in [7, 11) is -3.59. The molecule has 0 saturated carbocycles. The van der Waals surface area contributed by atoms with E-state index >= 15 is 0 Å². The summed E-state index contributed by atoms with van der Waals surface area (Å²) in [6, 6.07) is 19.2. The monoisotopic (exact) mass is 403 g/mol. The lowest BCUT2D eigenvalue weighted by atomic mass is 10.1. The third kappa shape index (κ3) is 5.31. The number of rotatable bonds is 7. The van der Waals surface area contributed by atoms with Gasteiger partial charge in [0, 0.05) is 17.0 Å². The first-order valence-corrected chi connectivity index (χ1v) is 11.1. The predicted molar refractivity (Wildman–Crippen MR) is 111 cm³/mol. The van der Waals surface area contributed by atoms with Crippen LogP contribution in [-0.2, 0) is 15.8 Å². The Morgan fingerprint density at radius 1 is 0.963 bits per heavy atom. The minimum Gasteiger partial charge on any atom is -0.210 e. The number of nitrogens with one attached hydrogen (secondary N) is 1. The van der Waals surface area contributed by atoms with Crippen molar-refractivity contribution in [1.29, 1.82) is 0 Å². The van der Waals surface area contributed by atoms with Gasteiger partial charge in [0.2, 0.25) is 10.0 Å². The fourth-order valence-corrected chi connectivity index (χ4v) is 4.86. The van der Waals surface area contributed by atoms with E-state index in [2.05, 4.69) is 4.72 Å². The molecule has 27 heavy (non-hydrogen) atoms. The van der Waals surface area contributed by atoms with Crippen molar-refractivity contribution < 1.29 is 12.8 Å². The standard InChI is InChI=1S/C21H22FNO2S2/c1-21(2,26-14-16-7-10-19(22)11-8-16)15-23-27(24,25)20-12-9-17-5-3-4-6-18(17)13-20/h3-13,23H,14-15H2,1-2H3. The molecule has 0 amide bonds. The van der Waals surface area contributed by atoms with E-state index in [-0.39, 0.29) is 15.5 Å². The summed E-state index contributed by atoms with van der Waals surface area (Å²) in [5.41, 5.74) is 1.01. The summed E-state index contributed by atoms with van der Waals surface area (Å²) in [6.07, 6.45) is 0. The molecular weight excluding hydrogens is 381 g/mol. The lowest BCUT2D eigenvalue weighted by molar-refractivity contribution is 0.570. The molecule has 1 N–H and O–H groups in total. The lowest BCUT2D eigenvalue weighted by Crippen LogP contribution is -2.36. The Balaban J connectivity index is 1.64. The summed E-state index contributed by atoms with van der Waals surface area (Å²) in [6.45, 7) is 4.28. The molecule has 0 atom stereocenters. The highest BCUT2D eigenvalue weighted by Crippen LogP contribution is 2.28. The molecule has 142 valence electrons. The maximum Gasteiger partial charge on any atom is 0.240 e. The predicted octanol–water partition coefficient (Wildman–Crippen LogP) is 4.97. The van der Waals surface area contributed by atoms with Crippen LogP contribution in [0.1, 0.15) is 19.4 Å². The molecule has 0 aliphatic carbocycles. The molecule has 0 saturated heterocycles. The second-order valence-corrected chi connectivity index (χ2v) is 10.5. The zero-order valence-electron chi connectivity index (χ0n) is 15.3. The Labute approximate surface area is 164 Å². The van der Waals surface area contributed by atoms with Gasteiger partial charge >= 0.3 is 0 Å². The van der Waals surface area contributed by atoms with Gasteiger partial charge in [-0.25, -0.2) is 17.5 Å². The van der Waals surface area contributed by atoms with Crippen LogP contribution < -0.4 is 4.72 Å². The number of sulfonamides is 1. The van der Waals surface area contributed by atoms with Crippen molar-refractivity contribution in [2.75, 3.05) is 6.54 Å². The van der Waals surface area contributed by atoms with E-state index in [9.17, 15) is 12.8 Å². The van der Waals surface area contributed by atoms with Crippen molar-refractivity contribution in [3.05, 3.63) is 78.1 Å². The van der Waals surface area contributed by atoms with Crippen LogP contribution in [0, 0.1) is 5.82 Å². The first-order valence-electron chi connectivity index (χ1n) is 8.62. The maximum absolute atomic E-state index is 13.0. The van der Waals surface area contributed by atoms with Gasteiger partial charge in [0.05, 0.1) is 4.90 Å². The van der Waals surface area contributed by atoms with E-state index in [0.717, 1.165) is 16.3 Å². The first kappa shape index (κ1) is 19.9. The normalized spacial score (nSPS) is 12.4. The summed E-state index contributed by atoms with van der Waals surface area (Å²) < 4.78 is 40.7. The minimum absolute atomic E-state index is 0.258. The van der Waals surface area contributed by atoms with Crippen molar-refractivity contribution in [2.24, 2.45) is 0 Å². The smallest absolute Gasteiger partial charge is 0.210 e. The van der Waals surface area contributed by atoms with Crippen LogP contribution in [0.5, 0.6) is 0 Å². The molecule has 3 nitrogen and oxygen atoms in total. The average Bonchev–Trinajstić information content (AvgIpc) is 2.66. The molecule has 0 aliphatic heterocycles. The van der Waals surface area contributed by atoms with Crippen LogP contribution >= 0.6 is 11.8 Å². The van der Waals surface area contributed by atoms with Gasteiger partial charge in [0.15, 0.2) is 0 Å². The molecular formula is C21H22FNO2S2. The lowest BCUT2D eigenvalue weighted by Gasteiger charge is -2.24. The van der Waals surface area contributed by atoms with Crippen molar-refractivity contribution in [3.63, 3.8) is 0 Å². The number of fused-ring (bicyclic) bond motifs is 1. The van der Waals surface area contributed by atoms with Gasteiger partial charge in [-0.05, 0) is 54.4 Å². The maximum atomic E-state index is 13.0. The molecule has 0 aromatic heterocycles. The average molecular weight is 404 g/mol. The Bertz CT molecular complexity index is 1030. The van der Waals surface area contributed by atoms with E-state index in [1.165, 1.54) is 12.1 Å². The third-order valence-electron chi connectivity index (χ3n) is 4.26. The fourth-order valence-electron chi connectivity index (χ4n) is 2.60. The van der Waals surface area contributed by atoms with E-state index in [4.69, 9.17) is 0 Å². The van der Waals surface area contributed by atoms with Crippen LogP contribution in [0.3, 0.4) is 0 Å². The number of benzene rings is 3. The zero-order chi connectivity index (χ0) is 19.5. The second-order valence-electron chi connectivity index (χ2n) is 7.01. The summed E-state index contributed by atoms with van der Waals surface area (Å²) in [5, 5.41) is 1.90. The van der Waals surface area contributed by atoms with Gasteiger partial charge in [-0.15, -0.1) is 11.8 Å². The highest BCUT2D eigenvalue weighted by Gasteiger charge is 2.23. The van der Waals surface area contributed by atoms with Gasteiger partial charge in [-0.3, -0.25) is 0 Å². The quantitative estimate of drug-likeness (QED) is 0.606. The molecule has 3 aromatic carbocycles. The van der Waals surface area contributed by atoms with Gasteiger partial charge in [0.1, 0.15) is 5.82 Å². The van der Waals surface area contributed by atoms with E-state index < -0.39 is 10.0 Å². The first-order chi connectivity index (χ1) is 12.8. The van der Waals surface area contributed by atoms with Crippen molar-refractivity contribution in [2.45, 2.75) is 29.2 Å². The van der Waals surface area contributed by atoms with E-state index in [1.54, 1.807) is 36.0 Å². The Morgan fingerprint density at radius 3 is 2.33 bits per heavy atom. The molecule has 0 bridgehead atoms. The summed E-state index contributed by atoms with van der Waals surface area (Å²) in [4.78, 5) is 0.264. The molecule has 6 heteroatoms. The minimum atomic E-state index is -3.59. The molecule has 0 aliphatic rings. The van der Waals surface area contributed by atoms with Crippen molar-refractivity contribution >= 4 is 32.6 Å². The molecule has 0 unspecified atom stereocenters. The molecule has 0 spiro atoms. The fraction of sp³-hybridized carbons (Fsp3) is 0.238. The molecule has 3 aromatic rings. The highest BCUT2D eigenvalue weighted by atomic mass is 32.2. The molecule has 0 heterocycles. The SMILES string of the molecule is CC(C)(CNS(=O)(=O)c1ccc2ccccc2c1)SCc1ccc(F)cc1. The van der Waals surface area contributed by atoms with Crippen LogP contribution in [0.4, 0.5) is 4.39 Å². The molecule has 3 rings (SSSR count). The Kier molecular flexibility index (Phi) is 5.89. The summed E-state index contributed by atoms with van der Waals surface area (Å²) in [5.74, 6) is 0.427.